The number of hydrogen-bond donors (Lipinski definition) is 1. The molecule has 4 rings (SSSR count). The number of aromatic nitrogens is 1. The highest BCUT2D eigenvalue weighted by molar-refractivity contribution is 7.89. The Labute approximate surface area is 181 Å². The number of nitrogens with zero attached hydrogens (tertiary/aromatic N) is 1. The summed E-state index contributed by atoms with van der Waals surface area (Å²) in [7, 11) is -3.51. The van der Waals surface area contributed by atoms with Crippen molar-refractivity contribution in [3.05, 3.63) is 83.9 Å². The molecule has 0 radical (unpaired) electrons. The van der Waals surface area contributed by atoms with Crippen molar-refractivity contribution in [2.45, 2.75) is 31.1 Å². The Kier molecular flexibility index (Phi) is 5.99. The SMILES string of the molecule is CC(C)c1ccc(S(=O)(=O)NCCc2ccc3sc(-c4ccccc4)nc3c2)cc1. The van der Waals surface area contributed by atoms with Crippen LogP contribution >= 0.6 is 11.3 Å². The molecule has 6 heteroatoms. The highest BCUT2D eigenvalue weighted by Gasteiger charge is 2.14. The zero-order valence-electron chi connectivity index (χ0n) is 17.0. The molecule has 0 aliphatic rings. The highest BCUT2D eigenvalue weighted by atomic mass is 32.2. The third-order valence-corrected chi connectivity index (χ3v) is 7.60. The highest BCUT2D eigenvalue weighted by Crippen LogP contribution is 2.30. The predicted molar refractivity (Wildman–Crippen MR) is 124 cm³/mol. The van der Waals surface area contributed by atoms with Crippen molar-refractivity contribution >= 4 is 31.6 Å². The minimum absolute atomic E-state index is 0.300. The molecule has 1 N–H and O–H groups in total. The Hall–Kier alpha value is -2.54. The summed E-state index contributed by atoms with van der Waals surface area (Å²) in [5, 5.41) is 0.994. The first kappa shape index (κ1) is 20.7. The zero-order chi connectivity index (χ0) is 21.1. The molecule has 3 aromatic carbocycles. The molecule has 0 amide bonds. The van der Waals surface area contributed by atoms with Crippen LogP contribution in [-0.4, -0.2) is 19.9 Å². The Bertz CT molecular complexity index is 1250. The van der Waals surface area contributed by atoms with Gasteiger partial charge in [0.25, 0.3) is 0 Å². The number of fused-ring (bicyclic) bond motifs is 1. The fraction of sp³-hybridized carbons (Fsp3) is 0.208. The lowest BCUT2D eigenvalue weighted by molar-refractivity contribution is 0.581. The van der Waals surface area contributed by atoms with E-state index in [0.717, 1.165) is 31.9 Å². The van der Waals surface area contributed by atoms with Crippen LogP contribution in [0.15, 0.2) is 77.7 Å². The Morgan fingerprint density at radius 2 is 1.70 bits per heavy atom. The van der Waals surface area contributed by atoms with Crippen LogP contribution in [0.1, 0.15) is 30.9 Å². The Morgan fingerprint density at radius 3 is 2.40 bits per heavy atom. The Balaban J connectivity index is 1.43. The average molecular weight is 437 g/mol. The molecule has 0 bridgehead atoms. The summed E-state index contributed by atoms with van der Waals surface area (Å²) in [6.45, 7) is 4.52. The van der Waals surface area contributed by atoms with Crippen LogP contribution in [0, 0.1) is 0 Å². The van der Waals surface area contributed by atoms with Crippen LogP contribution in [-0.2, 0) is 16.4 Å². The predicted octanol–water partition coefficient (Wildman–Crippen LogP) is 5.61. The molecule has 1 heterocycles. The standard InChI is InChI=1S/C24H24N2O2S2/c1-17(2)19-9-11-21(12-10-19)30(27,28)25-15-14-18-8-13-23-22(16-18)26-24(29-23)20-6-4-3-5-7-20/h3-13,16-17,25H,14-15H2,1-2H3. The fourth-order valence-electron chi connectivity index (χ4n) is 3.28. The first-order valence-electron chi connectivity index (χ1n) is 9.97. The van der Waals surface area contributed by atoms with E-state index >= 15 is 0 Å². The van der Waals surface area contributed by atoms with Crippen LogP contribution in [0.2, 0.25) is 0 Å². The number of nitrogens with one attached hydrogen (secondary N) is 1. The van der Waals surface area contributed by atoms with Crippen LogP contribution in [0.4, 0.5) is 0 Å². The zero-order valence-corrected chi connectivity index (χ0v) is 18.6. The number of thiazole rings is 1. The molecule has 1 aromatic heterocycles. The second-order valence-corrected chi connectivity index (χ2v) is 10.4. The molecular weight excluding hydrogens is 412 g/mol. The lowest BCUT2D eigenvalue weighted by atomic mass is 10.0. The van der Waals surface area contributed by atoms with Crippen molar-refractivity contribution in [3.63, 3.8) is 0 Å². The first-order chi connectivity index (χ1) is 14.4. The maximum atomic E-state index is 12.6. The smallest absolute Gasteiger partial charge is 0.236 e. The molecule has 154 valence electrons. The molecule has 4 nitrogen and oxygen atoms in total. The quantitative estimate of drug-likeness (QED) is 0.410. The van der Waals surface area contributed by atoms with Crippen LogP contribution in [0.25, 0.3) is 20.8 Å². The van der Waals surface area contributed by atoms with Gasteiger partial charge in [0.2, 0.25) is 10.0 Å². The van der Waals surface area contributed by atoms with Gasteiger partial charge in [-0.15, -0.1) is 11.3 Å². The average Bonchev–Trinajstić information content (AvgIpc) is 3.18. The van der Waals surface area contributed by atoms with Crippen molar-refractivity contribution in [1.82, 2.24) is 9.71 Å². The van der Waals surface area contributed by atoms with E-state index in [1.807, 2.05) is 42.5 Å². The van der Waals surface area contributed by atoms with Crippen LogP contribution < -0.4 is 4.72 Å². The molecule has 0 aliphatic carbocycles. The first-order valence-corrected chi connectivity index (χ1v) is 12.3. The van der Waals surface area contributed by atoms with Gasteiger partial charge in [-0.05, 0) is 47.7 Å². The van der Waals surface area contributed by atoms with Gasteiger partial charge in [-0.3, -0.25) is 0 Å². The summed E-state index contributed by atoms with van der Waals surface area (Å²) in [4.78, 5) is 5.05. The number of rotatable bonds is 7. The van der Waals surface area contributed by atoms with Gasteiger partial charge in [0.05, 0.1) is 15.1 Å². The molecule has 30 heavy (non-hydrogen) atoms. The molecule has 4 aromatic rings. The molecule has 0 saturated heterocycles. The van der Waals surface area contributed by atoms with Gasteiger partial charge in [-0.25, -0.2) is 18.1 Å². The van der Waals surface area contributed by atoms with Gasteiger partial charge >= 0.3 is 0 Å². The number of hydrogen-bond acceptors (Lipinski definition) is 4. The molecule has 0 atom stereocenters. The lowest BCUT2D eigenvalue weighted by Gasteiger charge is -2.09. The Morgan fingerprint density at radius 1 is 0.967 bits per heavy atom. The minimum atomic E-state index is -3.51. The lowest BCUT2D eigenvalue weighted by Crippen LogP contribution is -2.26. The van der Waals surface area contributed by atoms with E-state index in [4.69, 9.17) is 4.98 Å². The van der Waals surface area contributed by atoms with Gasteiger partial charge in [0, 0.05) is 12.1 Å². The second kappa shape index (κ2) is 8.68. The summed E-state index contributed by atoms with van der Waals surface area (Å²) in [6, 6.07) is 23.4. The van der Waals surface area contributed by atoms with Crippen LogP contribution in [0.3, 0.4) is 0 Å². The summed E-state index contributed by atoms with van der Waals surface area (Å²) in [6.07, 6.45) is 0.609. The van der Waals surface area contributed by atoms with Gasteiger partial charge in [-0.1, -0.05) is 62.4 Å². The van der Waals surface area contributed by atoms with E-state index in [-0.39, 0.29) is 0 Å². The molecule has 0 saturated carbocycles. The van der Waals surface area contributed by atoms with E-state index < -0.39 is 10.0 Å². The third kappa shape index (κ3) is 4.61. The summed E-state index contributed by atoms with van der Waals surface area (Å²) in [5.41, 5.74) is 4.24. The van der Waals surface area contributed by atoms with Crippen molar-refractivity contribution in [3.8, 4) is 10.6 Å². The van der Waals surface area contributed by atoms with E-state index in [2.05, 4.69) is 36.8 Å². The van der Waals surface area contributed by atoms with Gasteiger partial charge < -0.3 is 0 Å². The number of benzene rings is 3. The summed E-state index contributed by atoms with van der Waals surface area (Å²) < 4.78 is 28.9. The van der Waals surface area contributed by atoms with E-state index in [1.54, 1.807) is 23.5 Å². The van der Waals surface area contributed by atoms with Crippen LogP contribution in [0.5, 0.6) is 0 Å². The summed E-state index contributed by atoms with van der Waals surface area (Å²) in [5.74, 6) is 0.373. The molecule has 0 fully saturated rings. The maximum absolute atomic E-state index is 12.6. The monoisotopic (exact) mass is 436 g/mol. The van der Waals surface area contributed by atoms with E-state index in [0.29, 0.717) is 23.8 Å². The molecular formula is C24H24N2O2S2. The van der Waals surface area contributed by atoms with Gasteiger partial charge in [0.1, 0.15) is 5.01 Å². The van der Waals surface area contributed by atoms with Gasteiger partial charge in [-0.2, -0.15) is 0 Å². The molecule has 0 aliphatic heterocycles. The fourth-order valence-corrected chi connectivity index (χ4v) is 5.26. The van der Waals surface area contributed by atoms with Crippen molar-refractivity contribution in [2.24, 2.45) is 0 Å². The van der Waals surface area contributed by atoms with Crippen molar-refractivity contribution in [2.75, 3.05) is 6.54 Å². The topological polar surface area (TPSA) is 59.1 Å². The normalized spacial score (nSPS) is 12.0. The largest absolute Gasteiger partial charge is 0.240 e. The van der Waals surface area contributed by atoms with E-state index in [9.17, 15) is 8.42 Å². The second-order valence-electron chi connectivity index (χ2n) is 7.56. The number of sulfonamides is 1. The molecule has 0 unspecified atom stereocenters. The third-order valence-electron chi connectivity index (χ3n) is 5.04. The maximum Gasteiger partial charge on any atom is 0.240 e. The van der Waals surface area contributed by atoms with Crippen molar-refractivity contribution < 1.29 is 8.42 Å². The summed E-state index contributed by atoms with van der Waals surface area (Å²) >= 11 is 1.66. The minimum Gasteiger partial charge on any atom is -0.236 e. The van der Waals surface area contributed by atoms with E-state index in [1.165, 1.54) is 0 Å². The molecule has 0 spiro atoms. The van der Waals surface area contributed by atoms with Crippen molar-refractivity contribution in [1.29, 1.82) is 0 Å². The van der Waals surface area contributed by atoms with Gasteiger partial charge in [0.15, 0.2) is 0 Å².